The minimum Gasteiger partial charge on any atom is -0.506 e. The van der Waals surface area contributed by atoms with Crippen LogP contribution in [0.3, 0.4) is 0 Å². The summed E-state index contributed by atoms with van der Waals surface area (Å²) in [4.78, 5) is 0. The zero-order chi connectivity index (χ0) is 14.4. The molecule has 3 nitrogen and oxygen atoms in total. The molecule has 2 aromatic carbocycles. The fourth-order valence-corrected chi connectivity index (χ4v) is 2.23. The fourth-order valence-electron chi connectivity index (χ4n) is 2.03. The first-order valence-electron chi connectivity index (χ1n) is 6.56. The Bertz CT molecular complexity index is 545. The highest BCUT2D eigenvalue weighted by Gasteiger charge is 2.07. The number of para-hydroxylation sites is 1. The number of hydrogen-bond donors (Lipinski definition) is 3. The molecule has 0 aliphatic heterocycles. The topological polar surface area (TPSA) is 52.5 Å². The molecular formula is C16H18ClNO2. The summed E-state index contributed by atoms with van der Waals surface area (Å²) < 4.78 is 0. The lowest BCUT2D eigenvalue weighted by molar-refractivity contribution is 0.171. The average molecular weight is 292 g/mol. The van der Waals surface area contributed by atoms with Crippen LogP contribution < -0.4 is 5.32 Å². The molecule has 0 aromatic heterocycles. The Morgan fingerprint density at radius 2 is 1.80 bits per heavy atom. The van der Waals surface area contributed by atoms with Crippen molar-refractivity contribution >= 4 is 11.6 Å². The number of rotatable bonds is 6. The summed E-state index contributed by atoms with van der Waals surface area (Å²) in [5.74, 6) is 0.0965. The summed E-state index contributed by atoms with van der Waals surface area (Å²) in [5.41, 5.74) is 1.83. The molecule has 20 heavy (non-hydrogen) atoms. The predicted octanol–water partition coefficient (Wildman–Crippen LogP) is 2.74. The van der Waals surface area contributed by atoms with Crippen molar-refractivity contribution in [2.45, 2.75) is 19.1 Å². The van der Waals surface area contributed by atoms with Gasteiger partial charge in [0.15, 0.2) is 0 Å². The number of phenolic OH excluding ortho intramolecular Hbond substituents is 1. The molecule has 106 valence electrons. The van der Waals surface area contributed by atoms with Gasteiger partial charge in [-0.15, -0.1) is 0 Å². The van der Waals surface area contributed by atoms with Crippen LogP contribution in [0.25, 0.3) is 0 Å². The van der Waals surface area contributed by atoms with Gasteiger partial charge in [0.1, 0.15) is 5.75 Å². The Hall–Kier alpha value is -1.55. The molecule has 0 aliphatic rings. The minimum atomic E-state index is -0.460. The molecule has 4 heteroatoms. The van der Waals surface area contributed by atoms with Crippen molar-refractivity contribution in [2.75, 3.05) is 6.54 Å². The lowest BCUT2D eigenvalue weighted by atomic mass is 10.1. The van der Waals surface area contributed by atoms with E-state index in [4.69, 9.17) is 11.6 Å². The molecule has 0 heterocycles. The third-order valence-electron chi connectivity index (χ3n) is 3.08. The highest BCUT2D eigenvalue weighted by Crippen LogP contribution is 2.26. The zero-order valence-electron chi connectivity index (χ0n) is 11.1. The second-order valence-corrected chi connectivity index (χ2v) is 5.13. The molecule has 0 saturated heterocycles. The summed E-state index contributed by atoms with van der Waals surface area (Å²) in [6.07, 6.45) is 0.147. The van der Waals surface area contributed by atoms with Crippen molar-refractivity contribution in [2.24, 2.45) is 0 Å². The van der Waals surface area contributed by atoms with Gasteiger partial charge in [-0.25, -0.2) is 0 Å². The average Bonchev–Trinajstić information content (AvgIpc) is 2.44. The number of hydrogen-bond acceptors (Lipinski definition) is 3. The van der Waals surface area contributed by atoms with E-state index in [9.17, 15) is 10.2 Å². The number of nitrogens with one attached hydrogen (secondary N) is 1. The molecular weight excluding hydrogens is 274 g/mol. The molecule has 0 saturated carbocycles. The molecule has 0 radical (unpaired) electrons. The second kappa shape index (κ2) is 7.29. The summed E-state index contributed by atoms with van der Waals surface area (Å²) >= 11 is 5.84. The number of aliphatic hydroxyl groups is 1. The van der Waals surface area contributed by atoms with Gasteiger partial charge in [0.25, 0.3) is 0 Å². The van der Waals surface area contributed by atoms with Crippen LogP contribution in [-0.2, 0) is 13.0 Å². The van der Waals surface area contributed by atoms with Gasteiger partial charge >= 0.3 is 0 Å². The van der Waals surface area contributed by atoms with E-state index >= 15 is 0 Å². The van der Waals surface area contributed by atoms with E-state index in [0.29, 0.717) is 24.5 Å². The smallest absolute Gasteiger partial charge is 0.138 e. The molecule has 0 bridgehead atoms. The van der Waals surface area contributed by atoms with Gasteiger partial charge in [-0.2, -0.15) is 0 Å². The SMILES string of the molecule is Oc1c(Cl)cccc1CNCC(O)Cc1ccccc1. The van der Waals surface area contributed by atoms with Gasteiger partial charge in [0.05, 0.1) is 11.1 Å². The van der Waals surface area contributed by atoms with E-state index in [0.717, 1.165) is 11.1 Å². The molecule has 1 unspecified atom stereocenters. The summed E-state index contributed by atoms with van der Waals surface area (Å²) in [5, 5.41) is 23.2. The summed E-state index contributed by atoms with van der Waals surface area (Å²) in [6.45, 7) is 0.930. The van der Waals surface area contributed by atoms with Gasteiger partial charge in [0.2, 0.25) is 0 Å². The maximum atomic E-state index is 9.95. The first kappa shape index (κ1) is 14.9. The Morgan fingerprint density at radius 1 is 1.05 bits per heavy atom. The lowest BCUT2D eigenvalue weighted by Gasteiger charge is -2.13. The molecule has 0 fully saturated rings. The zero-order valence-corrected chi connectivity index (χ0v) is 11.8. The normalized spacial score (nSPS) is 12.3. The Morgan fingerprint density at radius 3 is 2.55 bits per heavy atom. The van der Waals surface area contributed by atoms with Crippen molar-refractivity contribution in [3.8, 4) is 5.75 Å². The second-order valence-electron chi connectivity index (χ2n) is 4.72. The molecule has 0 aliphatic carbocycles. The maximum absolute atomic E-state index is 9.95. The van der Waals surface area contributed by atoms with E-state index in [1.807, 2.05) is 30.3 Å². The van der Waals surface area contributed by atoms with Crippen LogP contribution in [0.1, 0.15) is 11.1 Å². The van der Waals surface area contributed by atoms with E-state index in [1.54, 1.807) is 18.2 Å². The molecule has 0 amide bonds. The van der Waals surface area contributed by atoms with Crippen LogP contribution in [0.4, 0.5) is 0 Å². The van der Waals surface area contributed by atoms with E-state index in [1.165, 1.54) is 0 Å². The first-order chi connectivity index (χ1) is 9.66. The summed E-state index contributed by atoms with van der Waals surface area (Å²) in [7, 11) is 0. The molecule has 3 N–H and O–H groups in total. The van der Waals surface area contributed by atoms with Crippen LogP contribution in [0, 0.1) is 0 Å². The van der Waals surface area contributed by atoms with Crippen LogP contribution in [0.15, 0.2) is 48.5 Å². The third-order valence-corrected chi connectivity index (χ3v) is 3.38. The van der Waals surface area contributed by atoms with Crippen molar-refractivity contribution in [3.63, 3.8) is 0 Å². The number of aliphatic hydroxyl groups excluding tert-OH is 1. The Balaban J connectivity index is 1.79. The van der Waals surface area contributed by atoms with Crippen LogP contribution in [0.5, 0.6) is 5.75 Å². The molecule has 2 rings (SSSR count). The number of halogens is 1. The van der Waals surface area contributed by atoms with Gasteiger partial charge < -0.3 is 15.5 Å². The number of benzene rings is 2. The lowest BCUT2D eigenvalue weighted by Crippen LogP contribution is -2.28. The van der Waals surface area contributed by atoms with Crippen molar-refractivity contribution in [1.82, 2.24) is 5.32 Å². The van der Waals surface area contributed by atoms with E-state index in [2.05, 4.69) is 5.32 Å². The van der Waals surface area contributed by atoms with Crippen LogP contribution in [0.2, 0.25) is 5.02 Å². The van der Waals surface area contributed by atoms with Crippen LogP contribution >= 0.6 is 11.6 Å². The molecule has 2 aromatic rings. The van der Waals surface area contributed by atoms with Gasteiger partial charge in [-0.1, -0.05) is 54.1 Å². The van der Waals surface area contributed by atoms with Crippen LogP contribution in [-0.4, -0.2) is 22.9 Å². The number of phenols is 1. The van der Waals surface area contributed by atoms with Crippen molar-refractivity contribution < 1.29 is 10.2 Å². The fraction of sp³-hybridized carbons (Fsp3) is 0.250. The van der Waals surface area contributed by atoms with E-state index < -0.39 is 6.10 Å². The van der Waals surface area contributed by atoms with Crippen molar-refractivity contribution in [1.29, 1.82) is 0 Å². The molecule has 0 spiro atoms. The third kappa shape index (κ3) is 4.23. The summed E-state index contributed by atoms with van der Waals surface area (Å²) in [6, 6.07) is 15.1. The highest BCUT2D eigenvalue weighted by atomic mass is 35.5. The monoisotopic (exact) mass is 291 g/mol. The Labute approximate surface area is 123 Å². The first-order valence-corrected chi connectivity index (χ1v) is 6.93. The minimum absolute atomic E-state index is 0.0965. The maximum Gasteiger partial charge on any atom is 0.138 e. The number of aromatic hydroxyl groups is 1. The standard InChI is InChI=1S/C16H18ClNO2/c17-15-8-4-7-13(16(15)20)10-18-11-14(19)9-12-5-2-1-3-6-12/h1-8,14,18-20H,9-11H2. The quantitative estimate of drug-likeness (QED) is 0.767. The molecule has 1 atom stereocenters. The highest BCUT2D eigenvalue weighted by molar-refractivity contribution is 6.32. The van der Waals surface area contributed by atoms with Gasteiger partial charge in [-0.3, -0.25) is 0 Å². The van der Waals surface area contributed by atoms with Crippen molar-refractivity contribution in [3.05, 3.63) is 64.7 Å². The van der Waals surface area contributed by atoms with Gasteiger partial charge in [-0.05, 0) is 18.1 Å². The predicted molar refractivity (Wildman–Crippen MR) is 81.0 cm³/mol. The van der Waals surface area contributed by atoms with Gasteiger partial charge in [0, 0.05) is 18.7 Å². The van der Waals surface area contributed by atoms with E-state index in [-0.39, 0.29) is 5.75 Å². The largest absolute Gasteiger partial charge is 0.506 e. The Kier molecular flexibility index (Phi) is 5.41.